The lowest BCUT2D eigenvalue weighted by Crippen LogP contribution is -2.12. The molecule has 0 atom stereocenters. The molecule has 2 aromatic carbocycles. The van der Waals surface area contributed by atoms with Crippen molar-refractivity contribution < 1.29 is 14.0 Å². The van der Waals surface area contributed by atoms with E-state index in [4.69, 9.17) is 0 Å². The van der Waals surface area contributed by atoms with Gasteiger partial charge in [0, 0.05) is 16.9 Å². The van der Waals surface area contributed by atoms with E-state index < -0.39 is 5.82 Å². The number of amides is 2. The summed E-state index contributed by atoms with van der Waals surface area (Å²) in [5.74, 6) is -0.827. The van der Waals surface area contributed by atoms with Crippen LogP contribution in [0.1, 0.15) is 15.9 Å². The number of benzene rings is 2. The molecule has 3 rings (SSSR count). The van der Waals surface area contributed by atoms with Crippen LogP contribution in [0.15, 0.2) is 42.5 Å². The van der Waals surface area contributed by atoms with E-state index in [1.54, 1.807) is 24.3 Å². The predicted molar refractivity (Wildman–Crippen MR) is 73.1 cm³/mol. The van der Waals surface area contributed by atoms with Gasteiger partial charge in [0.05, 0.1) is 6.42 Å². The summed E-state index contributed by atoms with van der Waals surface area (Å²) in [5.41, 5.74) is 2.36. The second-order valence-electron chi connectivity index (χ2n) is 4.56. The minimum Gasteiger partial charge on any atom is -0.326 e. The lowest BCUT2D eigenvalue weighted by atomic mass is 10.1. The molecule has 0 unspecified atom stereocenters. The van der Waals surface area contributed by atoms with Crippen LogP contribution < -0.4 is 10.6 Å². The SMILES string of the molecule is O=C1Cc2cc(C(=O)Nc3cccc(F)c3)ccc2N1. The highest BCUT2D eigenvalue weighted by Gasteiger charge is 2.19. The minimum absolute atomic E-state index is 0.0808. The van der Waals surface area contributed by atoms with Crippen molar-refractivity contribution in [2.45, 2.75) is 6.42 Å². The van der Waals surface area contributed by atoms with Crippen LogP contribution in [0.25, 0.3) is 0 Å². The Bertz CT molecular complexity index is 713. The Kier molecular flexibility index (Phi) is 2.95. The van der Waals surface area contributed by atoms with Crippen LogP contribution in [0.3, 0.4) is 0 Å². The third kappa shape index (κ3) is 2.38. The van der Waals surface area contributed by atoms with Gasteiger partial charge in [-0.15, -0.1) is 0 Å². The monoisotopic (exact) mass is 270 g/mol. The maximum atomic E-state index is 13.0. The fourth-order valence-electron chi connectivity index (χ4n) is 2.14. The number of anilines is 2. The summed E-state index contributed by atoms with van der Waals surface area (Å²) in [7, 11) is 0. The van der Waals surface area contributed by atoms with E-state index >= 15 is 0 Å². The lowest BCUT2D eigenvalue weighted by Gasteiger charge is -2.06. The van der Waals surface area contributed by atoms with Crippen molar-refractivity contribution in [2.75, 3.05) is 10.6 Å². The van der Waals surface area contributed by atoms with Crippen molar-refractivity contribution in [2.24, 2.45) is 0 Å². The average molecular weight is 270 g/mol. The number of nitrogens with one attached hydrogen (secondary N) is 2. The summed E-state index contributed by atoms with van der Waals surface area (Å²) >= 11 is 0. The molecular formula is C15H11FN2O2. The molecule has 2 amide bonds. The number of hydrogen-bond acceptors (Lipinski definition) is 2. The Labute approximate surface area is 114 Å². The van der Waals surface area contributed by atoms with Crippen LogP contribution in [0.4, 0.5) is 15.8 Å². The lowest BCUT2D eigenvalue weighted by molar-refractivity contribution is -0.115. The topological polar surface area (TPSA) is 58.2 Å². The van der Waals surface area contributed by atoms with Crippen molar-refractivity contribution in [3.63, 3.8) is 0 Å². The molecule has 2 aromatic rings. The van der Waals surface area contributed by atoms with Crippen molar-refractivity contribution in [3.05, 3.63) is 59.4 Å². The van der Waals surface area contributed by atoms with Crippen molar-refractivity contribution in [1.82, 2.24) is 0 Å². The number of halogens is 1. The largest absolute Gasteiger partial charge is 0.326 e. The first kappa shape index (κ1) is 12.3. The van der Waals surface area contributed by atoms with E-state index in [2.05, 4.69) is 10.6 Å². The molecule has 0 saturated heterocycles. The molecule has 0 bridgehead atoms. The van der Waals surface area contributed by atoms with E-state index in [1.807, 2.05) is 0 Å². The first-order chi connectivity index (χ1) is 9.61. The van der Waals surface area contributed by atoms with Gasteiger partial charge in [0.15, 0.2) is 0 Å². The first-order valence-corrected chi connectivity index (χ1v) is 6.11. The smallest absolute Gasteiger partial charge is 0.255 e. The molecule has 0 aliphatic carbocycles. The van der Waals surface area contributed by atoms with Gasteiger partial charge in [0.1, 0.15) is 5.82 Å². The fraction of sp³-hybridized carbons (Fsp3) is 0.0667. The highest BCUT2D eigenvalue weighted by molar-refractivity contribution is 6.06. The van der Waals surface area contributed by atoms with Crippen LogP contribution in [-0.4, -0.2) is 11.8 Å². The van der Waals surface area contributed by atoms with Gasteiger partial charge in [0.25, 0.3) is 5.91 Å². The highest BCUT2D eigenvalue weighted by Crippen LogP contribution is 2.24. The van der Waals surface area contributed by atoms with Gasteiger partial charge in [-0.05, 0) is 42.0 Å². The normalized spacial score (nSPS) is 12.8. The zero-order valence-corrected chi connectivity index (χ0v) is 10.4. The van der Waals surface area contributed by atoms with E-state index in [1.165, 1.54) is 18.2 Å². The third-order valence-corrected chi connectivity index (χ3v) is 3.08. The molecule has 0 fully saturated rings. The molecule has 4 nitrogen and oxygen atoms in total. The van der Waals surface area contributed by atoms with Gasteiger partial charge in [0.2, 0.25) is 5.91 Å². The van der Waals surface area contributed by atoms with Crippen LogP contribution in [-0.2, 0) is 11.2 Å². The third-order valence-electron chi connectivity index (χ3n) is 3.08. The van der Waals surface area contributed by atoms with Crippen molar-refractivity contribution in [1.29, 1.82) is 0 Å². The molecule has 5 heteroatoms. The van der Waals surface area contributed by atoms with Gasteiger partial charge in [-0.1, -0.05) is 6.07 Å². The Morgan fingerprint density at radius 1 is 1.20 bits per heavy atom. The minimum atomic E-state index is -0.411. The highest BCUT2D eigenvalue weighted by atomic mass is 19.1. The van der Waals surface area contributed by atoms with Crippen molar-refractivity contribution >= 4 is 23.2 Å². The van der Waals surface area contributed by atoms with Gasteiger partial charge in [-0.3, -0.25) is 9.59 Å². The van der Waals surface area contributed by atoms with E-state index in [-0.39, 0.29) is 18.2 Å². The maximum absolute atomic E-state index is 13.0. The molecule has 0 spiro atoms. The summed E-state index contributed by atoms with van der Waals surface area (Å²) in [6, 6.07) is 10.7. The van der Waals surface area contributed by atoms with Gasteiger partial charge in [-0.25, -0.2) is 4.39 Å². The summed E-state index contributed by atoms with van der Waals surface area (Å²) in [6.07, 6.45) is 0.274. The molecule has 0 radical (unpaired) electrons. The summed E-state index contributed by atoms with van der Waals surface area (Å²) in [5, 5.41) is 5.32. The molecule has 20 heavy (non-hydrogen) atoms. The maximum Gasteiger partial charge on any atom is 0.255 e. The summed E-state index contributed by atoms with van der Waals surface area (Å²) in [4.78, 5) is 23.3. The van der Waals surface area contributed by atoms with Gasteiger partial charge < -0.3 is 10.6 Å². The number of carbonyl (C=O) groups excluding carboxylic acids is 2. The summed E-state index contributed by atoms with van der Waals surface area (Å²) < 4.78 is 13.0. The Balaban J connectivity index is 1.81. The molecule has 1 aliphatic heterocycles. The van der Waals surface area contributed by atoms with E-state index in [0.717, 1.165) is 11.3 Å². The second kappa shape index (κ2) is 4.77. The van der Waals surface area contributed by atoms with Crippen LogP contribution in [0.2, 0.25) is 0 Å². The quantitative estimate of drug-likeness (QED) is 0.881. The van der Waals surface area contributed by atoms with E-state index in [9.17, 15) is 14.0 Å². The molecule has 0 aromatic heterocycles. The molecule has 0 saturated carbocycles. The Morgan fingerprint density at radius 3 is 2.85 bits per heavy atom. The van der Waals surface area contributed by atoms with Crippen LogP contribution in [0.5, 0.6) is 0 Å². The number of hydrogen-bond donors (Lipinski definition) is 2. The number of rotatable bonds is 2. The average Bonchev–Trinajstić information content (AvgIpc) is 2.77. The zero-order chi connectivity index (χ0) is 14.1. The predicted octanol–water partition coefficient (Wildman–Crippen LogP) is 2.57. The summed E-state index contributed by atoms with van der Waals surface area (Å²) in [6.45, 7) is 0. The van der Waals surface area contributed by atoms with E-state index in [0.29, 0.717) is 11.3 Å². The zero-order valence-electron chi connectivity index (χ0n) is 10.4. The molecular weight excluding hydrogens is 259 g/mol. The Morgan fingerprint density at radius 2 is 2.05 bits per heavy atom. The molecule has 100 valence electrons. The van der Waals surface area contributed by atoms with Crippen molar-refractivity contribution in [3.8, 4) is 0 Å². The standard InChI is InChI=1S/C15H11FN2O2/c16-11-2-1-3-12(8-11)17-15(20)9-4-5-13-10(6-9)7-14(19)18-13/h1-6,8H,7H2,(H,17,20)(H,18,19). The molecule has 1 aliphatic rings. The second-order valence-corrected chi connectivity index (χ2v) is 4.56. The number of fused-ring (bicyclic) bond motifs is 1. The molecule has 1 heterocycles. The molecule has 2 N–H and O–H groups in total. The van der Waals surface area contributed by atoms with Gasteiger partial charge in [-0.2, -0.15) is 0 Å². The van der Waals surface area contributed by atoms with Gasteiger partial charge >= 0.3 is 0 Å². The first-order valence-electron chi connectivity index (χ1n) is 6.11. The fourth-order valence-corrected chi connectivity index (χ4v) is 2.14. The number of carbonyl (C=O) groups is 2. The van der Waals surface area contributed by atoms with Crippen LogP contribution >= 0.6 is 0 Å². The van der Waals surface area contributed by atoms with Crippen LogP contribution in [0, 0.1) is 5.82 Å². The Hall–Kier alpha value is -2.69.